The number of fused-ring (bicyclic) bond motifs is 1. The average molecular weight is 234 g/mol. The summed E-state index contributed by atoms with van der Waals surface area (Å²) < 4.78 is 0. The van der Waals surface area contributed by atoms with Gasteiger partial charge in [0.1, 0.15) is 0 Å². The van der Waals surface area contributed by atoms with Gasteiger partial charge in [0.05, 0.1) is 17.8 Å². The summed E-state index contributed by atoms with van der Waals surface area (Å²) in [6.45, 7) is 2.52. The van der Waals surface area contributed by atoms with E-state index in [1.165, 1.54) is 5.69 Å². The van der Waals surface area contributed by atoms with Crippen molar-refractivity contribution in [3.63, 3.8) is 0 Å². The van der Waals surface area contributed by atoms with Crippen LogP contribution in [-0.2, 0) is 4.79 Å². The van der Waals surface area contributed by atoms with Crippen molar-refractivity contribution in [1.29, 1.82) is 0 Å². The zero-order chi connectivity index (χ0) is 12.3. The lowest BCUT2D eigenvalue weighted by atomic mass is 10.2. The molecule has 1 aromatic carbocycles. The van der Waals surface area contributed by atoms with Crippen LogP contribution in [0.4, 0.5) is 11.4 Å². The fraction of sp³-hybridized carbons (Fsp3) is 0.462. The van der Waals surface area contributed by atoms with E-state index in [0.717, 1.165) is 25.2 Å². The SMILES string of the molecule is CN1CCCN(CCC(=O)O)c2ccccc21. The van der Waals surface area contributed by atoms with Crippen LogP contribution in [0.2, 0.25) is 0 Å². The van der Waals surface area contributed by atoms with Gasteiger partial charge in [0, 0.05) is 26.7 Å². The summed E-state index contributed by atoms with van der Waals surface area (Å²) in [5.74, 6) is -0.736. The minimum Gasteiger partial charge on any atom is -0.481 e. The molecular weight excluding hydrogens is 216 g/mol. The minimum atomic E-state index is -0.736. The molecule has 0 bridgehead atoms. The molecule has 0 fully saturated rings. The summed E-state index contributed by atoms with van der Waals surface area (Å²) in [5, 5.41) is 8.78. The quantitative estimate of drug-likeness (QED) is 0.866. The minimum absolute atomic E-state index is 0.193. The number of carbonyl (C=O) groups is 1. The first kappa shape index (κ1) is 11.8. The molecule has 0 spiro atoms. The lowest BCUT2D eigenvalue weighted by Gasteiger charge is -2.25. The summed E-state index contributed by atoms with van der Waals surface area (Å²) >= 11 is 0. The zero-order valence-electron chi connectivity index (χ0n) is 10.1. The van der Waals surface area contributed by atoms with Crippen LogP contribution in [0.3, 0.4) is 0 Å². The third-order valence-corrected chi connectivity index (χ3v) is 3.15. The molecule has 0 aliphatic carbocycles. The van der Waals surface area contributed by atoms with E-state index in [1.807, 2.05) is 12.1 Å². The molecule has 1 heterocycles. The maximum Gasteiger partial charge on any atom is 0.305 e. The number of rotatable bonds is 3. The van der Waals surface area contributed by atoms with Gasteiger partial charge in [0.25, 0.3) is 0 Å². The van der Waals surface area contributed by atoms with Gasteiger partial charge in [-0.05, 0) is 18.6 Å². The van der Waals surface area contributed by atoms with E-state index >= 15 is 0 Å². The van der Waals surface area contributed by atoms with Gasteiger partial charge >= 0.3 is 5.97 Å². The first-order chi connectivity index (χ1) is 8.18. The summed E-state index contributed by atoms with van der Waals surface area (Å²) in [7, 11) is 2.08. The molecule has 1 aliphatic rings. The van der Waals surface area contributed by atoms with Gasteiger partial charge in [0.2, 0.25) is 0 Å². The lowest BCUT2D eigenvalue weighted by Crippen LogP contribution is -2.26. The van der Waals surface area contributed by atoms with Crippen LogP contribution >= 0.6 is 0 Å². The van der Waals surface area contributed by atoms with Crippen LogP contribution in [0.15, 0.2) is 24.3 Å². The number of anilines is 2. The Morgan fingerprint density at radius 3 is 2.71 bits per heavy atom. The number of hydrogen-bond acceptors (Lipinski definition) is 3. The number of hydrogen-bond donors (Lipinski definition) is 1. The van der Waals surface area contributed by atoms with Gasteiger partial charge in [-0.2, -0.15) is 0 Å². The molecule has 0 saturated heterocycles. The first-order valence-electron chi connectivity index (χ1n) is 5.95. The van der Waals surface area contributed by atoms with Crippen molar-refractivity contribution in [2.24, 2.45) is 0 Å². The van der Waals surface area contributed by atoms with Crippen LogP contribution in [0.5, 0.6) is 0 Å². The van der Waals surface area contributed by atoms with Crippen molar-refractivity contribution in [3.8, 4) is 0 Å². The third-order valence-electron chi connectivity index (χ3n) is 3.15. The zero-order valence-corrected chi connectivity index (χ0v) is 10.1. The Hall–Kier alpha value is -1.71. The lowest BCUT2D eigenvalue weighted by molar-refractivity contribution is -0.136. The van der Waals surface area contributed by atoms with Crippen molar-refractivity contribution in [2.45, 2.75) is 12.8 Å². The largest absolute Gasteiger partial charge is 0.481 e. The molecule has 0 radical (unpaired) electrons. The van der Waals surface area contributed by atoms with Crippen LogP contribution < -0.4 is 9.80 Å². The maximum absolute atomic E-state index is 10.7. The van der Waals surface area contributed by atoms with E-state index in [-0.39, 0.29) is 6.42 Å². The fourth-order valence-electron chi connectivity index (χ4n) is 2.26. The number of benzene rings is 1. The smallest absolute Gasteiger partial charge is 0.305 e. The van der Waals surface area contributed by atoms with Gasteiger partial charge in [-0.1, -0.05) is 12.1 Å². The molecule has 92 valence electrons. The Bertz CT molecular complexity index is 406. The van der Waals surface area contributed by atoms with Gasteiger partial charge in [-0.3, -0.25) is 4.79 Å². The van der Waals surface area contributed by atoms with Crippen LogP contribution in [0.25, 0.3) is 0 Å². The molecule has 2 rings (SSSR count). The van der Waals surface area contributed by atoms with E-state index in [2.05, 4.69) is 29.0 Å². The molecule has 0 unspecified atom stereocenters. The van der Waals surface area contributed by atoms with Crippen molar-refractivity contribution in [2.75, 3.05) is 36.5 Å². The predicted molar refractivity (Wildman–Crippen MR) is 68.8 cm³/mol. The highest BCUT2D eigenvalue weighted by Gasteiger charge is 2.17. The second kappa shape index (κ2) is 5.08. The molecule has 1 N–H and O–H groups in total. The highest BCUT2D eigenvalue weighted by molar-refractivity contribution is 5.73. The molecule has 0 atom stereocenters. The number of nitrogens with zero attached hydrogens (tertiary/aromatic N) is 2. The number of carboxylic acid groups (broad SMARTS) is 1. The van der Waals surface area contributed by atoms with Crippen LogP contribution in [0, 0.1) is 0 Å². The van der Waals surface area contributed by atoms with Crippen molar-refractivity contribution < 1.29 is 9.90 Å². The summed E-state index contributed by atoms with van der Waals surface area (Å²) in [6, 6.07) is 8.19. The standard InChI is InChI=1S/C13H18N2O2/c1-14-8-4-9-15(10-7-13(16)17)12-6-3-2-5-11(12)14/h2-3,5-6H,4,7-10H2,1H3,(H,16,17). The predicted octanol–water partition coefficient (Wildman–Crippen LogP) is 1.81. The normalized spacial score (nSPS) is 15.4. The van der Waals surface area contributed by atoms with Gasteiger partial charge < -0.3 is 14.9 Å². The van der Waals surface area contributed by atoms with E-state index in [9.17, 15) is 4.79 Å². The highest BCUT2D eigenvalue weighted by atomic mass is 16.4. The van der Waals surface area contributed by atoms with Crippen molar-refractivity contribution in [1.82, 2.24) is 0 Å². The van der Waals surface area contributed by atoms with Crippen LogP contribution in [-0.4, -0.2) is 37.8 Å². The Kier molecular flexibility index (Phi) is 3.52. The second-order valence-electron chi connectivity index (χ2n) is 4.39. The molecule has 17 heavy (non-hydrogen) atoms. The van der Waals surface area contributed by atoms with E-state index < -0.39 is 5.97 Å². The molecule has 4 heteroatoms. The van der Waals surface area contributed by atoms with Gasteiger partial charge in [0.15, 0.2) is 0 Å². The Morgan fingerprint density at radius 1 is 1.29 bits per heavy atom. The third kappa shape index (κ3) is 2.70. The maximum atomic E-state index is 10.7. The van der Waals surface area contributed by atoms with Gasteiger partial charge in [-0.15, -0.1) is 0 Å². The van der Waals surface area contributed by atoms with E-state index in [4.69, 9.17) is 5.11 Å². The summed E-state index contributed by atoms with van der Waals surface area (Å²) in [4.78, 5) is 15.1. The number of aliphatic carboxylic acids is 1. The molecule has 4 nitrogen and oxygen atoms in total. The number of carboxylic acids is 1. The fourth-order valence-corrected chi connectivity index (χ4v) is 2.26. The molecule has 0 aromatic heterocycles. The van der Waals surface area contributed by atoms with E-state index in [0.29, 0.717) is 6.54 Å². The highest BCUT2D eigenvalue weighted by Crippen LogP contribution is 2.30. The first-order valence-corrected chi connectivity index (χ1v) is 5.95. The molecule has 1 aliphatic heterocycles. The monoisotopic (exact) mass is 234 g/mol. The second-order valence-corrected chi connectivity index (χ2v) is 4.39. The summed E-state index contributed by atoms with van der Waals surface area (Å²) in [5.41, 5.74) is 2.34. The van der Waals surface area contributed by atoms with Gasteiger partial charge in [-0.25, -0.2) is 0 Å². The van der Waals surface area contributed by atoms with E-state index in [1.54, 1.807) is 0 Å². The number of para-hydroxylation sites is 2. The molecule has 0 saturated carbocycles. The van der Waals surface area contributed by atoms with Crippen molar-refractivity contribution >= 4 is 17.3 Å². The Morgan fingerprint density at radius 2 is 2.00 bits per heavy atom. The Labute approximate surface area is 101 Å². The molecule has 1 aromatic rings. The van der Waals surface area contributed by atoms with Crippen molar-refractivity contribution in [3.05, 3.63) is 24.3 Å². The Balaban J connectivity index is 2.22. The molecular formula is C13H18N2O2. The average Bonchev–Trinajstić information content (AvgIpc) is 2.47. The summed E-state index contributed by atoms with van der Waals surface area (Å²) in [6.07, 6.45) is 1.25. The van der Waals surface area contributed by atoms with Crippen LogP contribution in [0.1, 0.15) is 12.8 Å². The topological polar surface area (TPSA) is 43.8 Å². The molecule has 0 amide bonds.